The molecule has 0 aliphatic rings. The Morgan fingerprint density at radius 2 is 1.44 bits per heavy atom. The summed E-state index contributed by atoms with van der Waals surface area (Å²) in [6.07, 6.45) is 0.725. The molecule has 0 saturated heterocycles. The van der Waals surface area contributed by atoms with E-state index in [-0.39, 0.29) is 44.2 Å². The van der Waals surface area contributed by atoms with E-state index in [0.717, 1.165) is 12.8 Å². The van der Waals surface area contributed by atoms with E-state index in [1.54, 1.807) is 19.9 Å². The van der Waals surface area contributed by atoms with Gasteiger partial charge in [0.1, 0.15) is 18.8 Å². The molecule has 36 heavy (non-hydrogen) atoms. The SMILES string of the molecule is CCCCOC(=O)Oc1ccc(C[C@H](N)C(=O)OC[C@H](C)OC(=O)CC)cc1OC(=O)OCCCC. The third-order valence-electron chi connectivity index (χ3n) is 4.67. The van der Waals surface area contributed by atoms with Crippen molar-refractivity contribution in [3.05, 3.63) is 23.8 Å². The number of carbonyl (C=O) groups excluding carboxylic acids is 4. The smallest absolute Gasteiger partial charge is 0.461 e. The van der Waals surface area contributed by atoms with Gasteiger partial charge in [0.2, 0.25) is 0 Å². The minimum absolute atomic E-state index is 0.0322. The third-order valence-corrected chi connectivity index (χ3v) is 4.67. The highest BCUT2D eigenvalue weighted by Crippen LogP contribution is 2.30. The van der Waals surface area contributed by atoms with Gasteiger partial charge in [-0.1, -0.05) is 39.7 Å². The van der Waals surface area contributed by atoms with Crippen molar-refractivity contribution in [2.24, 2.45) is 5.73 Å². The van der Waals surface area contributed by atoms with Gasteiger partial charge in [0.25, 0.3) is 0 Å². The molecule has 1 aromatic carbocycles. The molecule has 1 rings (SSSR count). The maximum Gasteiger partial charge on any atom is 0.513 e. The predicted octanol–water partition coefficient (Wildman–Crippen LogP) is 4.07. The zero-order valence-corrected chi connectivity index (χ0v) is 21.4. The van der Waals surface area contributed by atoms with Crippen LogP contribution >= 0.6 is 0 Å². The Hall–Kier alpha value is -3.34. The fourth-order valence-corrected chi connectivity index (χ4v) is 2.67. The summed E-state index contributed by atoms with van der Waals surface area (Å²) in [4.78, 5) is 47.6. The summed E-state index contributed by atoms with van der Waals surface area (Å²) in [5.74, 6) is -1.26. The van der Waals surface area contributed by atoms with Crippen LogP contribution < -0.4 is 15.2 Å². The molecule has 0 saturated carbocycles. The van der Waals surface area contributed by atoms with Crippen LogP contribution in [0.3, 0.4) is 0 Å². The van der Waals surface area contributed by atoms with Crippen LogP contribution in [0.4, 0.5) is 9.59 Å². The number of carbonyl (C=O) groups is 4. The Kier molecular flexibility index (Phi) is 14.6. The van der Waals surface area contributed by atoms with E-state index in [2.05, 4.69) is 0 Å². The van der Waals surface area contributed by atoms with Gasteiger partial charge in [-0.05, 0) is 43.9 Å². The molecule has 0 heterocycles. The van der Waals surface area contributed by atoms with Gasteiger partial charge in [-0.25, -0.2) is 9.59 Å². The van der Waals surface area contributed by atoms with Gasteiger partial charge in [-0.2, -0.15) is 0 Å². The molecule has 2 N–H and O–H groups in total. The summed E-state index contributed by atoms with van der Waals surface area (Å²) < 4.78 is 30.6. The number of hydrogen-bond acceptors (Lipinski definition) is 11. The summed E-state index contributed by atoms with van der Waals surface area (Å²) in [6, 6.07) is 3.32. The first-order valence-corrected chi connectivity index (χ1v) is 12.1. The lowest BCUT2D eigenvalue weighted by Crippen LogP contribution is -2.36. The van der Waals surface area contributed by atoms with Crippen molar-refractivity contribution >= 4 is 24.2 Å². The fourth-order valence-electron chi connectivity index (χ4n) is 2.67. The second-order valence-corrected chi connectivity index (χ2v) is 7.98. The van der Waals surface area contributed by atoms with Crippen molar-refractivity contribution in [2.75, 3.05) is 19.8 Å². The molecule has 0 spiro atoms. The molecule has 0 amide bonds. The van der Waals surface area contributed by atoms with Crippen LogP contribution in [0, 0.1) is 0 Å². The molecule has 2 atom stereocenters. The first kappa shape index (κ1) is 30.7. The van der Waals surface area contributed by atoms with Crippen LogP contribution in [0.1, 0.15) is 65.4 Å². The topological polar surface area (TPSA) is 150 Å². The van der Waals surface area contributed by atoms with Gasteiger partial charge in [-0.15, -0.1) is 0 Å². The van der Waals surface area contributed by atoms with Crippen molar-refractivity contribution < 1.29 is 47.6 Å². The second-order valence-electron chi connectivity index (χ2n) is 7.98. The number of benzene rings is 1. The molecule has 11 nitrogen and oxygen atoms in total. The highest BCUT2D eigenvalue weighted by molar-refractivity contribution is 5.76. The number of nitrogens with two attached hydrogens (primary N) is 1. The molecule has 1 aromatic rings. The van der Waals surface area contributed by atoms with E-state index in [1.165, 1.54) is 12.1 Å². The number of hydrogen-bond donors (Lipinski definition) is 1. The molecule has 202 valence electrons. The van der Waals surface area contributed by atoms with Crippen LogP contribution in [-0.2, 0) is 35.0 Å². The standard InChI is InChI=1S/C25H37NO10/c1-5-8-12-31-24(29)35-20-11-10-18(15-21(20)36-25(30)32-13-9-6-2)14-19(26)23(28)33-16-17(4)34-22(27)7-3/h10-11,15,17,19H,5-9,12-14,16,26H2,1-4H3/t17-,19-/m0/s1. The van der Waals surface area contributed by atoms with E-state index in [9.17, 15) is 19.2 Å². The largest absolute Gasteiger partial charge is 0.513 e. The highest BCUT2D eigenvalue weighted by Gasteiger charge is 2.21. The number of esters is 2. The average molecular weight is 512 g/mol. The van der Waals surface area contributed by atoms with Crippen LogP contribution in [0.5, 0.6) is 11.5 Å². The molecular weight excluding hydrogens is 474 g/mol. The Morgan fingerprint density at radius 3 is 2.00 bits per heavy atom. The summed E-state index contributed by atoms with van der Waals surface area (Å²) in [7, 11) is 0. The summed E-state index contributed by atoms with van der Waals surface area (Å²) in [6.45, 7) is 7.38. The van der Waals surface area contributed by atoms with E-state index in [0.29, 0.717) is 18.4 Å². The Bertz CT molecular complexity index is 857. The van der Waals surface area contributed by atoms with Crippen LogP contribution in [0.15, 0.2) is 18.2 Å². The molecule has 0 aromatic heterocycles. The van der Waals surface area contributed by atoms with E-state index < -0.39 is 36.4 Å². The van der Waals surface area contributed by atoms with Gasteiger partial charge in [-0.3, -0.25) is 9.59 Å². The van der Waals surface area contributed by atoms with E-state index in [1.807, 2.05) is 13.8 Å². The van der Waals surface area contributed by atoms with Crippen molar-refractivity contribution in [3.63, 3.8) is 0 Å². The molecule has 0 bridgehead atoms. The zero-order chi connectivity index (χ0) is 26.9. The molecule has 0 fully saturated rings. The van der Waals surface area contributed by atoms with Crippen LogP contribution in [0.25, 0.3) is 0 Å². The number of unbranched alkanes of at least 4 members (excludes halogenated alkanes) is 2. The molecule has 11 heteroatoms. The van der Waals surface area contributed by atoms with Crippen LogP contribution in [0.2, 0.25) is 0 Å². The van der Waals surface area contributed by atoms with Gasteiger partial charge in [0.05, 0.1) is 13.2 Å². The number of ether oxygens (including phenoxy) is 6. The maximum absolute atomic E-state index is 12.3. The lowest BCUT2D eigenvalue weighted by Gasteiger charge is -2.16. The Labute approximate surface area is 211 Å². The molecule has 0 radical (unpaired) electrons. The average Bonchev–Trinajstić information content (AvgIpc) is 2.84. The van der Waals surface area contributed by atoms with Gasteiger partial charge in [0, 0.05) is 6.42 Å². The first-order valence-electron chi connectivity index (χ1n) is 12.1. The lowest BCUT2D eigenvalue weighted by molar-refractivity contribution is -0.158. The van der Waals surface area contributed by atoms with Crippen molar-refractivity contribution in [1.82, 2.24) is 0 Å². The monoisotopic (exact) mass is 511 g/mol. The summed E-state index contributed by atoms with van der Waals surface area (Å²) in [5, 5.41) is 0. The van der Waals surface area contributed by atoms with Crippen LogP contribution in [-0.4, -0.2) is 56.2 Å². The highest BCUT2D eigenvalue weighted by atomic mass is 16.7. The summed E-state index contributed by atoms with van der Waals surface area (Å²) in [5.41, 5.74) is 6.47. The van der Waals surface area contributed by atoms with Crippen molar-refractivity contribution in [2.45, 2.75) is 78.4 Å². The van der Waals surface area contributed by atoms with Gasteiger partial charge < -0.3 is 34.2 Å². The molecule has 0 aliphatic heterocycles. The van der Waals surface area contributed by atoms with E-state index in [4.69, 9.17) is 34.2 Å². The van der Waals surface area contributed by atoms with Gasteiger partial charge in [0.15, 0.2) is 11.5 Å². The normalized spacial score (nSPS) is 12.1. The summed E-state index contributed by atoms with van der Waals surface area (Å²) >= 11 is 0. The second kappa shape index (κ2) is 17.1. The van der Waals surface area contributed by atoms with E-state index >= 15 is 0 Å². The third kappa shape index (κ3) is 12.4. The first-order chi connectivity index (χ1) is 17.2. The minimum atomic E-state index is -1.05. The van der Waals surface area contributed by atoms with Gasteiger partial charge >= 0.3 is 24.2 Å². The predicted molar refractivity (Wildman–Crippen MR) is 129 cm³/mol. The number of rotatable bonds is 15. The fraction of sp³-hybridized carbons (Fsp3) is 0.600. The maximum atomic E-state index is 12.3. The van der Waals surface area contributed by atoms with Crippen molar-refractivity contribution in [1.29, 1.82) is 0 Å². The minimum Gasteiger partial charge on any atom is -0.461 e. The molecule has 0 unspecified atom stereocenters. The quantitative estimate of drug-likeness (QED) is 0.157. The molecular formula is C25H37NO10. The Morgan fingerprint density at radius 1 is 0.861 bits per heavy atom. The molecule has 0 aliphatic carbocycles. The van der Waals surface area contributed by atoms with Crippen molar-refractivity contribution in [3.8, 4) is 11.5 Å². The lowest BCUT2D eigenvalue weighted by atomic mass is 10.1. The Balaban J connectivity index is 2.85. The zero-order valence-electron chi connectivity index (χ0n) is 21.4.